The molecule has 17 heavy (non-hydrogen) atoms. The zero-order valence-electron chi connectivity index (χ0n) is 10.1. The Morgan fingerprint density at radius 1 is 1.53 bits per heavy atom. The molecule has 2 rings (SSSR count). The highest BCUT2D eigenvalue weighted by molar-refractivity contribution is 5.75. The molecule has 1 aromatic carbocycles. The van der Waals surface area contributed by atoms with Crippen molar-refractivity contribution in [1.82, 2.24) is 0 Å². The monoisotopic (exact) mass is 236 g/mol. The predicted molar refractivity (Wildman–Crippen MR) is 62.4 cm³/mol. The van der Waals surface area contributed by atoms with Crippen LogP contribution in [0, 0.1) is 0 Å². The van der Waals surface area contributed by atoms with Crippen LogP contribution in [0.25, 0.3) is 0 Å². The second-order valence-corrected chi connectivity index (χ2v) is 3.87. The van der Waals surface area contributed by atoms with Crippen LogP contribution >= 0.6 is 0 Å². The highest BCUT2D eigenvalue weighted by Gasteiger charge is 2.27. The molecule has 0 spiro atoms. The van der Waals surface area contributed by atoms with E-state index < -0.39 is 6.10 Å². The third kappa shape index (κ3) is 2.52. The Morgan fingerprint density at radius 3 is 3.06 bits per heavy atom. The van der Waals surface area contributed by atoms with Crippen LogP contribution in [0.3, 0.4) is 0 Å². The van der Waals surface area contributed by atoms with Crippen molar-refractivity contribution in [2.45, 2.75) is 25.9 Å². The number of hydrogen-bond donors (Lipinski definition) is 0. The maximum absolute atomic E-state index is 11.6. The standard InChI is InChI=1S/C13H16O4/c1-3-16-13(14)11-7-5-9-4-6-10(15-2)8-12(9)17-11/h4,6,8,11H,3,5,7H2,1-2H3. The normalized spacial score (nSPS) is 17.9. The first-order chi connectivity index (χ1) is 8.24. The number of carbonyl (C=O) groups excluding carboxylic acids is 1. The summed E-state index contributed by atoms with van der Waals surface area (Å²) in [6.07, 6.45) is 0.996. The van der Waals surface area contributed by atoms with Crippen molar-refractivity contribution < 1.29 is 19.0 Å². The van der Waals surface area contributed by atoms with Crippen molar-refractivity contribution in [3.05, 3.63) is 23.8 Å². The Balaban J connectivity index is 2.14. The summed E-state index contributed by atoms with van der Waals surface area (Å²) < 4.78 is 15.7. The lowest BCUT2D eigenvalue weighted by molar-refractivity contribution is -0.152. The molecule has 0 saturated heterocycles. The number of benzene rings is 1. The minimum atomic E-state index is -0.491. The number of fused-ring (bicyclic) bond motifs is 1. The molecule has 1 atom stereocenters. The van der Waals surface area contributed by atoms with E-state index in [9.17, 15) is 4.79 Å². The van der Waals surface area contributed by atoms with Gasteiger partial charge in [-0.3, -0.25) is 0 Å². The summed E-state index contributed by atoms with van der Waals surface area (Å²) in [7, 11) is 1.60. The third-order valence-electron chi connectivity index (χ3n) is 2.77. The van der Waals surface area contributed by atoms with Crippen molar-refractivity contribution in [1.29, 1.82) is 0 Å². The molecule has 0 aromatic heterocycles. The number of rotatable bonds is 3. The average molecular weight is 236 g/mol. The van der Waals surface area contributed by atoms with Crippen LogP contribution in [0.1, 0.15) is 18.9 Å². The SMILES string of the molecule is CCOC(=O)C1CCc2ccc(OC)cc2O1. The number of carbonyl (C=O) groups is 1. The summed E-state index contributed by atoms with van der Waals surface area (Å²) in [5.74, 6) is 1.16. The molecule has 4 nitrogen and oxygen atoms in total. The molecule has 1 heterocycles. The minimum Gasteiger partial charge on any atom is -0.497 e. The number of ether oxygens (including phenoxy) is 3. The van der Waals surface area contributed by atoms with Crippen LogP contribution in [0.15, 0.2) is 18.2 Å². The van der Waals surface area contributed by atoms with E-state index in [4.69, 9.17) is 14.2 Å². The smallest absolute Gasteiger partial charge is 0.347 e. The molecule has 1 unspecified atom stereocenters. The van der Waals surface area contributed by atoms with E-state index in [1.807, 2.05) is 12.1 Å². The first kappa shape index (κ1) is 11.8. The van der Waals surface area contributed by atoms with Crippen LogP contribution in [0.5, 0.6) is 11.5 Å². The largest absolute Gasteiger partial charge is 0.497 e. The van der Waals surface area contributed by atoms with Crippen molar-refractivity contribution >= 4 is 5.97 Å². The Bertz CT molecular complexity index is 414. The topological polar surface area (TPSA) is 44.8 Å². The lowest BCUT2D eigenvalue weighted by atomic mass is 10.0. The molecule has 0 N–H and O–H groups in total. The van der Waals surface area contributed by atoms with E-state index in [1.54, 1.807) is 20.1 Å². The second-order valence-electron chi connectivity index (χ2n) is 3.87. The summed E-state index contributed by atoms with van der Waals surface area (Å²) in [4.78, 5) is 11.6. The lowest BCUT2D eigenvalue weighted by Gasteiger charge is -2.24. The predicted octanol–water partition coefficient (Wildman–Crippen LogP) is 1.95. The molecule has 1 aliphatic rings. The van der Waals surface area contributed by atoms with E-state index in [-0.39, 0.29) is 5.97 Å². The molecule has 0 radical (unpaired) electrons. The summed E-state index contributed by atoms with van der Waals surface area (Å²) >= 11 is 0. The van der Waals surface area contributed by atoms with Gasteiger partial charge in [-0.2, -0.15) is 0 Å². The molecule has 1 aliphatic heterocycles. The number of aryl methyl sites for hydroxylation is 1. The van der Waals surface area contributed by atoms with Crippen LogP contribution < -0.4 is 9.47 Å². The van der Waals surface area contributed by atoms with E-state index in [2.05, 4.69) is 0 Å². The highest BCUT2D eigenvalue weighted by Crippen LogP contribution is 2.31. The van der Waals surface area contributed by atoms with Crippen LogP contribution in [0.2, 0.25) is 0 Å². The van der Waals surface area contributed by atoms with Crippen molar-refractivity contribution in [2.24, 2.45) is 0 Å². The van der Waals surface area contributed by atoms with Gasteiger partial charge in [-0.25, -0.2) is 4.79 Å². The van der Waals surface area contributed by atoms with Gasteiger partial charge in [-0.05, 0) is 31.4 Å². The summed E-state index contributed by atoms with van der Waals surface area (Å²) in [5, 5.41) is 0. The minimum absolute atomic E-state index is 0.291. The van der Waals surface area contributed by atoms with E-state index in [0.717, 1.165) is 17.7 Å². The van der Waals surface area contributed by atoms with Crippen molar-refractivity contribution in [3.8, 4) is 11.5 Å². The zero-order valence-corrected chi connectivity index (χ0v) is 10.1. The highest BCUT2D eigenvalue weighted by atomic mass is 16.6. The fourth-order valence-corrected chi connectivity index (χ4v) is 1.88. The molecular weight excluding hydrogens is 220 g/mol. The summed E-state index contributed by atoms with van der Waals surface area (Å²) in [6, 6.07) is 5.67. The van der Waals surface area contributed by atoms with Gasteiger partial charge < -0.3 is 14.2 Å². The fraction of sp³-hybridized carbons (Fsp3) is 0.462. The van der Waals surface area contributed by atoms with Crippen molar-refractivity contribution in [3.63, 3.8) is 0 Å². The molecule has 0 saturated carbocycles. The first-order valence-corrected chi connectivity index (χ1v) is 5.74. The molecule has 0 bridgehead atoms. The van der Waals surface area contributed by atoms with Crippen LogP contribution in [-0.2, 0) is 16.0 Å². The molecule has 0 fully saturated rings. The molecular formula is C13H16O4. The van der Waals surface area contributed by atoms with E-state index in [1.165, 1.54) is 0 Å². The van der Waals surface area contributed by atoms with Gasteiger partial charge in [-0.15, -0.1) is 0 Å². The Morgan fingerprint density at radius 2 is 2.35 bits per heavy atom. The lowest BCUT2D eigenvalue weighted by Crippen LogP contribution is -2.32. The maximum atomic E-state index is 11.6. The third-order valence-corrected chi connectivity index (χ3v) is 2.77. The number of esters is 1. The summed E-state index contributed by atoms with van der Waals surface area (Å²) in [6.45, 7) is 2.17. The molecule has 92 valence electrons. The van der Waals surface area contributed by atoms with Crippen LogP contribution in [0.4, 0.5) is 0 Å². The van der Waals surface area contributed by atoms with Gasteiger partial charge in [0, 0.05) is 6.07 Å². The summed E-state index contributed by atoms with van der Waals surface area (Å²) in [5.41, 5.74) is 1.10. The number of hydrogen-bond acceptors (Lipinski definition) is 4. The van der Waals surface area contributed by atoms with Gasteiger partial charge >= 0.3 is 5.97 Å². The second kappa shape index (κ2) is 5.08. The van der Waals surface area contributed by atoms with Gasteiger partial charge in [0.1, 0.15) is 11.5 Å². The van der Waals surface area contributed by atoms with Gasteiger partial charge in [0.25, 0.3) is 0 Å². The van der Waals surface area contributed by atoms with Crippen molar-refractivity contribution in [2.75, 3.05) is 13.7 Å². The van der Waals surface area contributed by atoms with E-state index >= 15 is 0 Å². The maximum Gasteiger partial charge on any atom is 0.347 e. The Kier molecular flexibility index (Phi) is 3.52. The quantitative estimate of drug-likeness (QED) is 0.752. The Hall–Kier alpha value is -1.71. The molecule has 4 heteroatoms. The van der Waals surface area contributed by atoms with Gasteiger partial charge in [0.05, 0.1) is 13.7 Å². The van der Waals surface area contributed by atoms with Gasteiger partial charge in [0.2, 0.25) is 0 Å². The van der Waals surface area contributed by atoms with E-state index in [0.29, 0.717) is 18.8 Å². The molecule has 0 amide bonds. The molecule has 0 aliphatic carbocycles. The van der Waals surface area contributed by atoms with Crippen LogP contribution in [-0.4, -0.2) is 25.8 Å². The van der Waals surface area contributed by atoms with Gasteiger partial charge in [0.15, 0.2) is 6.10 Å². The Labute approximate surface area is 100 Å². The zero-order chi connectivity index (χ0) is 12.3. The number of methoxy groups -OCH3 is 1. The fourth-order valence-electron chi connectivity index (χ4n) is 1.88. The average Bonchev–Trinajstić information content (AvgIpc) is 2.37. The molecule has 1 aromatic rings. The van der Waals surface area contributed by atoms with Gasteiger partial charge in [-0.1, -0.05) is 6.07 Å². The first-order valence-electron chi connectivity index (χ1n) is 5.74.